The lowest BCUT2D eigenvalue weighted by molar-refractivity contribution is -0.131. The van der Waals surface area contributed by atoms with E-state index in [1.54, 1.807) is 18.5 Å². The first-order chi connectivity index (χ1) is 9.32. The van der Waals surface area contributed by atoms with E-state index in [1.807, 2.05) is 32.0 Å². The van der Waals surface area contributed by atoms with Crippen LogP contribution in [-0.4, -0.2) is 26.6 Å². The van der Waals surface area contributed by atoms with Crippen LogP contribution in [-0.2, 0) is 4.79 Å². The maximum atomic E-state index is 11.7. The Hall–Kier alpha value is -2.43. The third kappa shape index (κ3) is 2.22. The molecule has 0 amide bonds. The Morgan fingerprint density at radius 3 is 2.40 bits per heavy atom. The number of nitrogens with zero attached hydrogens (tertiary/aromatic N) is 2. The second-order valence-corrected chi connectivity index (χ2v) is 4.88. The smallest absolute Gasteiger partial charge is 0.377 e. The fraction of sp³-hybridized carbons (Fsp3) is 0.267. The van der Waals surface area contributed by atoms with Crippen molar-refractivity contribution in [1.82, 2.24) is 9.78 Å². The van der Waals surface area contributed by atoms with Gasteiger partial charge in [0.15, 0.2) is 0 Å². The second kappa shape index (κ2) is 4.92. The number of aryl methyl sites for hydroxylation is 3. The monoisotopic (exact) mass is 272 g/mol. The number of aromatic nitrogens is 2. The number of carbonyl (C=O) groups is 2. The third-order valence-electron chi connectivity index (χ3n) is 3.31. The molecule has 1 aromatic carbocycles. The van der Waals surface area contributed by atoms with Crippen LogP contribution in [0.3, 0.4) is 0 Å². The van der Waals surface area contributed by atoms with Gasteiger partial charge in [-0.05, 0) is 44.9 Å². The van der Waals surface area contributed by atoms with Crippen molar-refractivity contribution < 1.29 is 14.7 Å². The van der Waals surface area contributed by atoms with Gasteiger partial charge in [0.25, 0.3) is 5.78 Å². The Morgan fingerprint density at radius 1 is 1.15 bits per heavy atom. The topological polar surface area (TPSA) is 72.2 Å². The molecular formula is C15H16N2O3. The van der Waals surface area contributed by atoms with Crippen molar-refractivity contribution in [2.75, 3.05) is 0 Å². The maximum absolute atomic E-state index is 11.7. The molecule has 5 nitrogen and oxygen atoms in total. The molecule has 2 rings (SSSR count). The van der Waals surface area contributed by atoms with Crippen LogP contribution in [0.25, 0.3) is 5.69 Å². The fourth-order valence-corrected chi connectivity index (χ4v) is 2.26. The lowest BCUT2D eigenvalue weighted by Crippen LogP contribution is -2.14. The van der Waals surface area contributed by atoms with E-state index in [0.717, 1.165) is 16.8 Å². The molecule has 0 aliphatic heterocycles. The van der Waals surface area contributed by atoms with Crippen molar-refractivity contribution in [2.24, 2.45) is 0 Å². The number of hydrogen-bond donors (Lipinski definition) is 1. The molecule has 104 valence electrons. The Kier molecular flexibility index (Phi) is 3.44. The molecule has 0 saturated carbocycles. The number of aliphatic carboxylic acids is 1. The Labute approximate surface area is 116 Å². The lowest BCUT2D eigenvalue weighted by atomic mass is 10.1. The number of carboxylic acid groups (broad SMARTS) is 1. The minimum absolute atomic E-state index is 0.165. The minimum atomic E-state index is -1.46. The Morgan fingerprint density at radius 2 is 1.80 bits per heavy atom. The van der Waals surface area contributed by atoms with Gasteiger partial charge in [0.05, 0.1) is 22.6 Å². The van der Waals surface area contributed by atoms with E-state index in [1.165, 1.54) is 0 Å². The predicted octanol–water partition coefficient (Wildman–Crippen LogP) is 2.37. The first-order valence-corrected chi connectivity index (χ1v) is 6.24. The number of carbonyl (C=O) groups excluding carboxylic acids is 1. The van der Waals surface area contributed by atoms with Crippen molar-refractivity contribution in [3.8, 4) is 5.69 Å². The molecule has 0 atom stereocenters. The number of rotatable bonds is 3. The van der Waals surface area contributed by atoms with Crippen LogP contribution in [0.2, 0.25) is 0 Å². The predicted molar refractivity (Wildman–Crippen MR) is 74.5 cm³/mol. The van der Waals surface area contributed by atoms with Crippen molar-refractivity contribution in [1.29, 1.82) is 0 Å². The van der Waals surface area contributed by atoms with Gasteiger partial charge in [-0.3, -0.25) is 4.79 Å². The first kappa shape index (κ1) is 14.0. The van der Waals surface area contributed by atoms with Crippen LogP contribution < -0.4 is 0 Å². The zero-order valence-corrected chi connectivity index (χ0v) is 11.9. The second-order valence-electron chi connectivity index (χ2n) is 4.88. The van der Waals surface area contributed by atoms with Crippen molar-refractivity contribution in [3.63, 3.8) is 0 Å². The van der Waals surface area contributed by atoms with Gasteiger partial charge in [-0.1, -0.05) is 12.1 Å². The molecule has 0 fully saturated rings. The summed E-state index contributed by atoms with van der Waals surface area (Å²) in [6.07, 6.45) is 0. The van der Waals surface area contributed by atoms with E-state index >= 15 is 0 Å². The molecule has 0 unspecified atom stereocenters. The highest BCUT2D eigenvalue weighted by Crippen LogP contribution is 2.22. The SMILES string of the molecule is Cc1ccc(C)c(-n2nc(C)c(C(=O)C(=O)O)c2C)c1. The number of carboxylic acids is 1. The van der Waals surface area contributed by atoms with Crippen molar-refractivity contribution >= 4 is 11.8 Å². The minimum Gasteiger partial charge on any atom is -0.475 e. The summed E-state index contributed by atoms with van der Waals surface area (Å²) in [6.45, 7) is 7.27. The molecule has 0 spiro atoms. The fourth-order valence-electron chi connectivity index (χ4n) is 2.26. The largest absolute Gasteiger partial charge is 0.475 e. The molecule has 1 N–H and O–H groups in total. The molecule has 0 saturated heterocycles. The normalized spacial score (nSPS) is 10.6. The molecule has 2 aromatic rings. The summed E-state index contributed by atoms with van der Waals surface area (Å²) in [4.78, 5) is 22.6. The first-order valence-electron chi connectivity index (χ1n) is 6.24. The summed E-state index contributed by atoms with van der Waals surface area (Å²) >= 11 is 0. The van der Waals surface area contributed by atoms with E-state index in [4.69, 9.17) is 5.11 Å². The molecule has 0 aliphatic rings. The molecular weight excluding hydrogens is 256 g/mol. The zero-order chi connectivity index (χ0) is 15.0. The van der Waals surface area contributed by atoms with Crippen LogP contribution in [0.5, 0.6) is 0 Å². The summed E-state index contributed by atoms with van der Waals surface area (Å²) in [6, 6.07) is 5.93. The molecule has 0 aliphatic carbocycles. The average molecular weight is 272 g/mol. The standard InChI is InChI=1S/C15H16N2O3/c1-8-5-6-9(2)12(7-8)17-11(4)13(10(3)16-17)14(18)15(19)20/h5-7H,1-4H3,(H,19,20). The zero-order valence-electron chi connectivity index (χ0n) is 11.9. The highest BCUT2D eigenvalue weighted by molar-refractivity contribution is 6.40. The molecule has 20 heavy (non-hydrogen) atoms. The van der Waals surface area contributed by atoms with E-state index in [2.05, 4.69) is 5.10 Å². The highest BCUT2D eigenvalue weighted by atomic mass is 16.4. The molecule has 0 radical (unpaired) electrons. The average Bonchev–Trinajstić information content (AvgIpc) is 2.67. The van der Waals surface area contributed by atoms with Gasteiger partial charge in [0.1, 0.15) is 0 Å². The molecule has 1 heterocycles. The van der Waals surface area contributed by atoms with Gasteiger partial charge < -0.3 is 5.11 Å². The lowest BCUT2D eigenvalue weighted by Gasteiger charge is -2.09. The molecule has 5 heteroatoms. The summed E-state index contributed by atoms with van der Waals surface area (Å²) in [5, 5.41) is 13.2. The Bertz CT molecular complexity index is 714. The van der Waals surface area contributed by atoms with Crippen molar-refractivity contribution in [3.05, 3.63) is 46.3 Å². The quantitative estimate of drug-likeness (QED) is 0.687. The van der Waals surface area contributed by atoms with E-state index in [9.17, 15) is 9.59 Å². The van der Waals surface area contributed by atoms with Crippen LogP contribution in [0.1, 0.15) is 32.9 Å². The van der Waals surface area contributed by atoms with Gasteiger partial charge in [0.2, 0.25) is 0 Å². The van der Waals surface area contributed by atoms with E-state index < -0.39 is 11.8 Å². The summed E-state index contributed by atoms with van der Waals surface area (Å²) in [5.41, 5.74) is 4.08. The van der Waals surface area contributed by atoms with Gasteiger partial charge in [-0.25, -0.2) is 9.48 Å². The van der Waals surface area contributed by atoms with E-state index in [-0.39, 0.29) is 5.56 Å². The van der Waals surface area contributed by atoms with Crippen LogP contribution in [0.4, 0.5) is 0 Å². The van der Waals surface area contributed by atoms with E-state index in [0.29, 0.717) is 11.4 Å². The van der Waals surface area contributed by atoms with Gasteiger partial charge in [-0.2, -0.15) is 5.10 Å². The van der Waals surface area contributed by atoms with Crippen molar-refractivity contribution in [2.45, 2.75) is 27.7 Å². The molecule has 0 bridgehead atoms. The van der Waals surface area contributed by atoms with Gasteiger partial charge in [-0.15, -0.1) is 0 Å². The van der Waals surface area contributed by atoms with Crippen LogP contribution in [0.15, 0.2) is 18.2 Å². The third-order valence-corrected chi connectivity index (χ3v) is 3.31. The maximum Gasteiger partial charge on any atom is 0.377 e. The van der Waals surface area contributed by atoms with Gasteiger partial charge in [0, 0.05) is 0 Å². The summed E-state index contributed by atoms with van der Waals surface area (Å²) < 4.78 is 1.63. The highest BCUT2D eigenvalue weighted by Gasteiger charge is 2.24. The number of benzene rings is 1. The van der Waals surface area contributed by atoms with Gasteiger partial charge >= 0.3 is 5.97 Å². The summed E-state index contributed by atoms with van der Waals surface area (Å²) in [7, 11) is 0. The number of ketones is 1. The van der Waals surface area contributed by atoms with Crippen LogP contribution in [0, 0.1) is 27.7 Å². The number of hydrogen-bond acceptors (Lipinski definition) is 3. The number of Topliss-reactive ketones (excluding diaryl/α,β-unsaturated/α-hetero) is 1. The Balaban J connectivity index is 2.66. The summed E-state index contributed by atoms with van der Waals surface area (Å²) in [5.74, 6) is -2.38. The molecule has 1 aromatic heterocycles. The van der Waals surface area contributed by atoms with Crippen LogP contribution >= 0.6 is 0 Å².